The van der Waals surface area contributed by atoms with E-state index in [0.29, 0.717) is 13.1 Å². The molecule has 1 aliphatic heterocycles. The second kappa shape index (κ2) is 6.47. The predicted octanol–water partition coefficient (Wildman–Crippen LogP) is 0.627. The Balaban J connectivity index is 0.00000162. The highest BCUT2D eigenvalue weighted by atomic mass is 35.5. The molecule has 1 N–H and O–H groups in total. The maximum atomic E-state index is 12.2. The van der Waals surface area contributed by atoms with Gasteiger partial charge >= 0.3 is 0 Å². The van der Waals surface area contributed by atoms with Gasteiger partial charge in [0.05, 0.1) is 5.75 Å². The van der Waals surface area contributed by atoms with E-state index in [-0.39, 0.29) is 24.2 Å². The summed E-state index contributed by atoms with van der Waals surface area (Å²) in [4.78, 5) is 3.94. The molecule has 2 rings (SSSR count). The van der Waals surface area contributed by atoms with Gasteiger partial charge in [0, 0.05) is 38.1 Å². The lowest BCUT2D eigenvalue weighted by molar-refractivity contribution is 0.283. The molecule has 0 radical (unpaired) electrons. The van der Waals surface area contributed by atoms with Crippen molar-refractivity contribution in [3.05, 3.63) is 30.1 Å². The van der Waals surface area contributed by atoms with Gasteiger partial charge in [-0.3, -0.25) is 4.98 Å². The fourth-order valence-corrected chi connectivity index (χ4v) is 3.76. The molecule has 1 atom stereocenters. The van der Waals surface area contributed by atoms with Crippen molar-refractivity contribution in [1.82, 2.24) is 14.6 Å². The van der Waals surface area contributed by atoms with Crippen molar-refractivity contribution < 1.29 is 8.42 Å². The zero-order valence-electron chi connectivity index (χ0n) is 10.2. The molecule has 7 heteroatoms. The Hall–Kier alpha value is -0.690. The third-order valence-corrected chi connectivity index (χ3v) is 4.82. The molecule has 5 nitrogen and oxygen atoms in total. The monoisotopic (exact) mass is 291 g/mol. The van der Waals surface area contributed by atoms with E-state index in [9.17, 15) is 8.42 Å². The van der Waals surface area contributed by atoms with Gasteiger partial charge in [-0.05, 0) is 18.6 Å². The molecule has 0 aliphatic carbocycles. The number of piperazine rings is 1. The number of nitrogens with one attached hydrogen (secondary N) is 1. The molecule has 1 fully saturated rings. The van der Waals surface area contributed by atoms with Crippen LogP contribution in [-0.2, 0) is 15.8 Å². The van der Waals surface area contributed by atoms with E-state index in [1.54, 1.807) is 28.8 Å². The first-order valence-electron chi connectivity index (χ1n) is 5.69. The molecule has 18 heavy (non-hydrogen) atoms. The van der Waals surface area contributed by atoms with E-state index in [1.165, 1.54) is 0 Å². The summed E-state index contributed by atoms with van der Waals surface area (Å²) in [5.41, 5.74) is 0.734. The van der Waals surface area contributed by atoms with Crippen LogP contribution < -0.4 is 5.32 Å². The topological polar surface area (TPSA) is 62.3 Å². The third kappa shape index (κ3) is 3.65. The number of nitrogens with zero attached hydrogens (tertiary/aromatic N) is 2. The van der Waals surface area contributed by atoms with Gasteiger partial charge in [-0.2, -0.15) is 4.31 Å². The molecule has 1 aromatic heterocycles. The highest BCUT2D eigenvalue weighted by Crippen LogP contribution is 2.14. The van der Waals surface area contributed by atoms with Gasteiger partial charge in [-0.15, -0.1) is 12.4 Å². The first-order chi connectivity index (χ1) is 8.09. The van der Waals surface area contributed by atoms with E-state index in [0.717, 1.165) is 12.1 Å². The van der Waals surface area contributed by atoms with Crippen molar-refractivity contribution in [1.29, 1.82) is 0 Å². The number of hydrogen-bond acceptors (Lipinski definition) is 4. The maximum absolute atomic E-state index is 12.2. The lowest BCUT2D eigenvalue weighted by Gasteiger charge is -2.32. The van der Waals surface area contributed by atoms with Crippen LogP contribution in [0.25, 0.3) is 0 Å². The van der Waals surface area contributed by atoms with Crippen LogP contribution in [0.2, 0.25) is 0 Å². The SMILES string of the molecule is CC1CNCCN1S(=O)(=O)Cc1cccnc1.Cl. The van der Waals surface area contributed by atoms with Crippen LogP contribution >= 0.6 is 12.4 Å². The molecule has 0 aromatic carbocycles. The van der Waals surface area contributed by atoms with Crippen molar-refractivity contribution in [2.45, 2.75) is 18.7 Å². The van der Waals surface area contributed by atoms with E-state index in [4.69, 9.17) is 0 Å². The summed E-state index contributed by atoms with van der Waals surface area (Å²) in [6, 6.07) is 3.56. The van der Waals surface area contributed by atoms with Crippen molar-refractivity contribution in [2.75, 3.05) is 19.6 Å². The Morgan fingerprint density at radius 1 is 1.56 bits per heavy atom. The highest BCUT2D eigenvalue weighted by molar-refractivity contribution is 7.88. The Morgan fingerprint density at radius 2 is 2.33 bits per heavy atom. The molecular weight excluding hydrogens is 274 g/mol. The standard InChI is InChI=1S/C11H17N3O2S.ClH/c1-10-7-13-5-6-14(10)17(15,16)9-11-3-2-4-12-8-11;/h2-4,8,10,13H,5-7,9H2,1H3;1H. The number of hydrogen-bond donors (Lipinski definition) is 1. The number of rotatable bonds is 3. The van der Waals surface area contributed by atoms with E-state index < -0.39 is 10.0 Å². The van der Waals surface area contributed by atoms with Crippen LogP contribution in [-0.4, -0.2) is 43.4 Å². The molecule has 0 saturated carbocycles. The number of pyridine rings is 1. The normalized spacial score (nSPS) is 21.3. The minimum absolute atomic E-state index is 0. The third-order valence-electron chi connectivity index (χ3n) is 2.87. The average Bonchev–Trinajstić information content (AvgIpc) is 2.30. The van der Waals surface area contributed by atoms with Crippen LogP contribution in [0, 0.1) is 0 Å². The minimum Gasteiger partial charge on any atom is -0.314 e. The molecule has 1 unspecified atom stereocenters. The van der Waals surface area contributed by atoms with Gasteiger partial charge in [0.2, 0.25) is 10.0 Å². The lowest BCUT2D eigenvalue weighted by Crippen LogP contribution is -2.52. The lowest BCUT2D eigenvalue weighted by atomic mass is 10.3. The largest absolute Gasteiger partial charge is 0.314 e. The summed E-state index contributed by atoms with van der Waals surface area (Å²) in [7, 11) is -3.23. The zero-order valence-corrected chi connectivity index (χ0v) is 11.9. The maximum Gasteiger partial charge on any atom is 0.218 e. The van der Waals surface area contributed by atoms with Crippen molar-refractivity contribution in [3.63, 3.8) is 0 Å². The van der Waals surface area contributed by atoms with Gasteiger partial charge in [-0.25, -0.2) is 8.42 Å². The molecule has 0 spiro atoms. The average molecular weight is 292 g/mol. The Kier molecular flexibility index (Phi) is 5.52. The van der Waals surface area contributed by atoms with E-state index in [2.05, 4.69) is 10.3 Å². The molecule has 1 aromatic rings. The Labute approximate surface area is 114 Å². The summed E-state index contributed by atoms with van der Waals surface area (Å²) in [5.74, 6) is 0.0329. The van der Waals surface area contributed by atoms with Crippen LogP contribution in [0.1, 0.15) is 12.5 Å². The van der Waals surface area contributed by atoms with Crippen molar-refractivity contribution in [2.24, 2.45) is 0 Å². The first-order valence-corrected chi connectivity index (χ1v) is 7.29. The fourth-order valence-electron chi connectivity index (χ4n) is 2.01. The zero-order chi connectivity index (χ0) is 12.3. The van der Waals surface area contributed by atoms with Gasteiger partial charge in [0.15, 0.2) is 0 Å². The Bertz CT molecular complexity index is 466. The van der Waals surface area contributed by atoms with E-state index >= 15 is 0 Å². The second-order valence-electron chi connectivity index (χ2n) is 4.28. The summed E-state index contributed by atoms with van der Waals surface area (Å²) < 4.78 is 26.1. The van der Waals surface area contributed by atoms with Gasteiger partial charge in [0.25, 0.3) is 0 Å². The summed E-state index contributed by atoms with van der Waals surface area (Å²) in [6.45, 7) is 3.90. The molecule has 0 bridgehead atoms. The van der Waals surface area contributed by atoms with Gasteiger partial charge < -0.3 is 5.32 Å². The molecular formula is C11H18ClN3O2S. The number of sulfonamides is 1. The highest BCUT2D eigenvalue weighted by Gasteiger charge is 2.29. The fraction of sp³-hybridized carbons (Fsp3) is 0.545. The van der Waals surface area contributed by atoms with Crippen LogP contribution in [0.15, 0.2) is 24.5 Å². The molecule has 1 saturated heterocycles. The molecule has 1 aliphatic rings. The van der Waals surface area contributed by atoms with Crippen LogP contribution in [0.4, 0.5) is 0 Å². The number of halogens is 1. The summed E-state index contributed by atoms with van der Waals surface area (Å²) >= 11 is 0. The van der Waals surface area contributed by atoms with E-state index in [1.807, 2.05) is 6.92 Å². The van der Waals surface area contributed by atoms with Crippen molar-refractivity contribution >= 4 is 22.4 Å². The minimum atomic E-state index is -3.23. The molecule has 102 valence electrons. The first kappa shape index (κ1) is 15.4. The predicted molar refractivity (Wildman–Crippen MR) is 73.1 cm³/mol. The van der Waals surface area contributed by atoms with Crippen molar-refractivity contribution in [3.8, 4) is 0 Å². The number of aromatic nitrogens is 1. The Morgan fingerprint density at radius 3 is 2.94 bits per heavy atom. The molecule has 2 heterocycles. The van der Waals surface area contributed by atoms with Crippen LogP contribution in [0.5, 0.6) is 0 Å². The summed E-state index contributed by atoms with van der Waals surface area (Å²) in [6.07, 6.45) is 3.24. The smallest absolute Gasteiger partial charge is 0.218 e. The molecule has 0 amide bonds. The summed E-state index contributed by atoms with van der Waals surface area (Å²) in [5, 5.41) is 3.18. The van der Waals surface area contributed by atoms with Gasteiger partial charge in [-0.1, -0.05) is 6.07 Å². The quantitative estimate of drug-likeness (QED) is 0.887. The van der Waals surface area contributed by atoms with Crippen LogP contribution in [0.3, 0.4) is 0 Å². The van der Waals surface area contributed by atoms with Gasteiger partial charge in [0.1, 0.15) is 0 Å². The second-order valence-corrected chi connectivity index (χ2v) is 6.20.